The van der Waals surface area contributed by atoms with E-state index >= 15 is 0 Å². The zero-order valence-corrected chi connectivity index (χ0v) is 17.0. The Morgan fingerprint density at radius 3 is 2.37 bits per heavy atom. The van der Waals surface area contributed by atoms with Crippen LogP contribution >= 0.6 is 0 Å². The monoisotopic (exact) mass is 397 g/mol. The molecule has 0 bridgehead atoms. The molecule has 3 atom stereocenters. The minimum Gasteiger partial charge on any atom is -0.755 e. The SMILES string of the molecule is C/C=C1/C[C@@H](CCC(=O)N2CCC(C(=O)O)CC2)[C@@H](C)N(S(=O)[O-])/C1=C/C. The summed E-state index contributed by atoms with van der Waals surface area (Å²) in [6, 6.07) is -0.205. The number of hydrogen-bond donors (Lipinski definition) is 1. The van der Waals surface area contributed by atoms with E-state index in [1.54, 1.807) is 4.90 Å². The fourth-order valence-electron chi connectivity index (χ4n) is 4.09. The number of carboxylic acid groups (broad SMARTS) is 1. The molecule has 152 valence electrons. The summed E-state index contributed by atoms with van der Waals surface area (Å²) in [5.41, 5.74) is 1.70. The number of carbonyl (C=O) groups is 2. The number of rotatable bonds is 5. The summed E-state index contributed by atoms with van der Waals surface area (Å²) in [5, 5.41) is 9.06. The predicted molar refractivity (Wildman–Crippen MR) is 102 cm³/mol. The predicted octanol–water partition coefficient (Wildman–Crippen LogP) is 2.44. The number of carboxylic acids is 1. The van der Waals surface area contributed by atoms with Crippen molar-refractivity contribution in [3.63, 3.8) is 0 Å². The Bertz CT molecular complexity index is 652. The van der Waals surface area contributed by atoms with Crippen LogP contribution in [0, 0.1) is 11.8 Å². The highest BCUT2D eigenvalue weighted by molar-refractivity contribution is 7.76. The summed E-state index contributed by atoms with van der Waals surface area (Å²) in [6.07, 6.45) is 6.46. The van der Waals surface area contributed by atoms with Crippen molar-refractivity contribution in [2.24, 2.45) is 11.8 Å². The third-order valence-electron chi connectivity index (χ3n) is 5.81. The summed E-state index contributed by atoms with van der Waals surface area (Å²) in [6.45, 7) is 6.58. The smallest absolute Gasteiger partial charge is 0.306 e. The van der Waals surface area contributed by atoms with Crippen LogP contribution in [0.3, 0.4) is 0 Å². The average Bonchev–Trinajstić information content (AvgIpc) is 2.65. The lowest BCUT2D eigenvalue weighted by atomic mass is 9.83. The third kappa shape index (κ3) is 4.99. The van der Waals surface area contributed by atoms with Gasteiger partial charge in [0.15, 0.2) is 0 Å². The Balaban J connectivity index is 1.97. The summed E-state index contributed by atoms with van der Waals surface area (Å²) in [7, 11) is 0. The Morgan fingerprint density at radius 1 is 1.26 bits per heavy atom. The van der Waals surface area contributed by atoms with Crippen molar-refractivity contribution in [2.45, 2.75) is 58.9 Å². The van der Waals surface area contributed by atoms with Crippen LogP contribution < -0.4 is 0 Å². The zero-order chi connectivity index (χ0) is 20.1. The average molecular weight is 398 g/mol. The molecule has 0 aromatic carbocycles. The first-order valence-electron chi connectivity index (χ1n) is 9.51. The normalized spacial score (nSPS) is 28.6. The van der Waals surface area contributed by atoms with Gasteiger partial charge in [-0.05, 0) is 57.9 Å². The quantitative estimate of drug-likeness (QED) is 0.718. The van der Waals surface area contributed by atoms with E-state index in [2.05, 4.69) is 0 Å². The second kappa shape index (κ2) is 9.50. The fraction of sp³-hybridized carbons (Fsp3) is 0.684. The molecular formula is C19H29N2O5S-. The molecule has 0 aromatic heterocycles. The van der Waals surface area contributed by atoms with E-state index in [1.165, 1.54) is 4.31 Å². The van der Waals surface area contributed by atoms with Crippen molar-refractivity contribution in [3.8, 4) is 0 Å². The molecule has 2 aliphatic heterocycles. The van der Waals surface area contributed by atoms with Gasteiger partial charge in [0.25, 0.3) is 0 Å². The van der Waals surface area contributed by atoms with E-state index in [9.17, 15) is 18.4 Å². The van der Waals surface area contributed by atoms with Gasteiger partial charge < -0.3 is 14.6 Å². The lowest BCUT2D eigenvalue weighted by Gasteiger charge is -2.44. The van der Waals surface area contributed by atoms with Gasteiger partial charge in [0.05, 0.1) is 5.92 Å². The molecular weight excluding hydrogens is 368 g/mol. The minimum absolute atomic E-state index is 0.0275. The highest BCUT2D eigenvalue weighted by Crippen LogP contribution is 2.37. The molecule has 1 unspecified atom stereocenters. The van der Waals surface area contributed by atoms with E-state index < -0.39 is 17.2 Å². The van der Waals surface area contributed by atoms with Crippen molar-refractivity contribution < 1.29 is 23.5 Å². The standard InChI is InChI=1S/C19H30N2O5S/c1-4-14-12-16(13(3)21(27(25)26)17(14)5-2)6-7-18(22)20-10-8-15(9-11-20)19(23)24/h4-5,13,15-16H,6-12H2,1-3H3,(H,23,24)(H,25,26)/p-1/b14-4-,17-5+/t13-,16-/m1/s1. The van der Waals surface area contributed by atoms with Crippen molar-refractivity contribution in [1.82, 2.24) is 9.21 Å². The Labute approximate surface area is 163 Å². The molecule has 0 saturated carbocycles. The van der Waals surface area contributed by atoms with Gasteiger partial charge in [0.1, 0.15) is 0 Å². The Kier molecular flexibility index (Phi) is 7.61. The van der Waals surface area contributed by atoms with Crippen LogP contribution in [0.25, 0.3) is 0 Å². The van der Waals surface area contributed by atoms with Gasteiger partial charge in [-0.2, -0.15) is 0 Å². The van der Waals surface area contributed by atoms with Crippen molar-refractivity contribution in [2.75, 3.05) is 13.1 Å². The van der Waals surface area contributed by atoms with E-state index in [0.29, 0.717) is 38.8 Å². The van der Waals surface area contributed by atoms with Crippen LogP contribution in [-0.2, 0) is 20.9 Å². The number of aliphatic carboxylic acids is 1. The Hall–Kier alpha value is -1.67. The first-order valence-corrected chi connectivity index (χ1v) is 10.5. The number of piperidine rings is 2. The largest absolute Gasteiger partial charge is 0.755 e. The first kappa shape index (κ1) is 21.6. The zero-order valence-electron chi connectivity index (χ0n) is 16.2. The highest BCUT2D eigenvalue weighted by atomic mass is 32.2. The summed E-state index contributed by atoms with van der Waals surface area (Å²) < 4.78 is 24.9. The van der Waals surface area contributed by atoms with Crippen LogP contribution in [0.15, 0.2) is 23.4 Å². The van der Waals surface area contributed by atoms with Gasteiger partial charge in [-0.25, -0.2) is 0 Å². The second-order valence-corrected chi connectivity index (χ2v) is 8.10. The number of amides is 1. The van der Waals surface area contributed by atoms with Crippen molar-refractivity contribution in [1.29, 1.82) is 0 Å². The van der Waals surface area contributed by atoms with E-state index in [-0.39, 0.29) is 23.8 Å². The summed E-state index contributed by atoms with van der Waals surface area (Å²) in [5.74, 6) is -1.05. The lowest BCUT2D eigenvalue weighted by Crippen LogP contribution is -2.44. The molecule has 2 rings (SSSR count). The molecule has 1 N–H and O–H groups in total. The molecule has 8 heteroatoms. The Morgan fingerprint density at radius 2 is 1.89 bits per heavy atom. The molecule has 0 radical (unpaired) electrons. The first-order chi connectivity index (χ1) is 12.8. The van der Waals surface area contributed by atoms with E-state index in [1.807, 2.05) is 32.9 Å². The fourth-order valence-corrected chi connectivity index (χ4v) is 4.92. The maximum Gasteiger partial charge on any atom is 0.306 e. The van der Waals surface area contributed by atoms with Crippen LogP contribution in [0.5, 0.6) is 0 Å². The van der Waals surface area contributed by atoms with Crippen LogP contribution in [-0.4, -0.2) is 54.1 Å². The van der Waals surface area contributed by atoms with Gasteiger partial charge in [-0.3, -0.25) is 18.1 Å². The van der Waals surface area contributed by atoms with Crippen molar-refractivity contribution in [3.05, 3.63) is 23.4 Å². The summed E-state index contributed by atoms with van der Waals surface area (Å²) >= 11 is -2.36. The number of likely N-dealkylation sites (tertiary alicyclic amines) is 1. The summed E-state index contributed by atoms with van der Waals surface area (Å²) in [4.78, 5) is 25.3. The second-order valence-electron chi connectivity index (χ2n) is 7.27. The van der Waals surface area contributed by atoms with Gasteiger partial charge >= 0.3 is 5.97 Å². The molecule has 2 aliphatic rings. The van der Waals surface area contributed by atoms with Gasteiger partial charge in [0.2, 0.25) is 5.91 Å². The molecule has 27 heavy (non-hydrogen) atoms. The molecule has 2 saturated heterocycles. The molecule has 0 aromatic rings. The molecule has 0 aliphatic carbocycles. The highest BCUT2D eigenvalue weighted by Gasteiger charge is 2.34. The number of carbonyl (C=O) groups excluding carboxylic acids is 1. The molecule has 7 nitrogen and oxygen atoms in total. The van der Waals surface area contributed by atoms with Gasteiger partial charge in [-0.15, -0.1) is 0 Å². The van der Waals surface area contributed by atoms with Crippen molar-refractivity contribution >= 4 is 23.1 Å². The molecule has 2 fully saturated rings. The maximum atomic E-state index is 12.5. The molecule has 1 amide bonds. The maximum absolute atomic E-state index is 12.5. The third-order valence-corrected chi connectivity index (χ3v) is 6.66. The number of allylic oxidation sites excluding steroid dienone is 3. The van der Waals surface area contributed by atoms with E-state index in [4.69, 9.17) is 5.11 Å². The van der Waals surface area contributed by atoms with Crippen LogP contribution in [0.1, 0.15) is 52.9 Å². The number of nitrogens with zero attached hydrogens (tertiary/aromatic N) is 2. The minimum atomic E-state index is -2.36. The van der Waals surface area contributed by atoms with Crippen LogP contribution in [0.2, 0.25) is 0 Å². The molecule has 2 heterocycles. The van der Waals surface area contributed by atoms with Gasteiger partial charge in [0, 0.05) is 42.5 Å². The molecule has 0 spiro atoms. The van der Waals surface area contributed by atoms with Gasteiger partial charge in [-0.1, -0.05) is 12.2 Å². The lowest BCUT2D eigenvalue weighted by molar-refractivity contribution is -0.145. The number of hydrogen-bond acceptors (Lipinski definition) is 4. The van der Waals surface area contributed by atoms with Crippen LogP contribution in [0.4, 0.5) is 0 Å². The topological polar surface area (TPSA) is 101 Å². The van der Waals surface area contributed by atoms with E-state index in [0.717, 1.165) is 17.7 Å².